The first-order chi connectivity index (χ1) is 12.5. The van der Waals surface area contributed by atoms with E-state index in [1.807, 2.05) is 19.1 Å². The number of nitrogens with zero attached hydrogens (tertiary/aromatic N) is 3. The number of nitrogens with two attached hydrogens (primary N) is 1. The van der Waals surface area contributed by atoms with Crippen LogP contribution in [0.2, 0.25) is 0 Å². The van der Waals surface area contributed by atoms with Gasteiger partial charge in [0.2, 0.25) is 11.7 Å². The second-order valence-electron chi connectivity index (χ2n) is 6.27. The topological polar surface area (TPSA) is 107 Å². The van der Waals surface area contributed by atoms with Crippen molar-refractivity contribution >= 4 is 17.4 Å². The van der Waals surface area contributed by atoms with Crippen molar-refractivity contribution in [1.82, 2.24) is 15.1 Å². The molecule has 0 spiro atoms. The van der Waals surface area contributed by atoms with Crippen molar-refractivity contribution < 1.29 is 13.7 Å². The van der Waals surface area contributed by atoms with E-state index in [0.717, 1.165) is 5.56 Å². The Morgan fingerprint density at radius 2 is 2.15 bits per heavy atom. The van der Waals surface area contributed by atoms with Gasteiger partial charge in [0.25, 0.3) is 5.91 Å². The van der Waals surface area contributed by atoms with Crippen LogP contribution < -0.4 is 11.1 Å². The molecule has 0 saturated heterocycles. The van der Waals surface area contributed by atoms with E-state index in [1.54, 1.807) is 18.2 Å². The molecule has 1 aromatic carbocycles. The van der Waals surface area contributed by atoms with Crippen molar-refractivity contribution in [2.75, 3.05) is 11.1 Å². The molecule has 2 heterocycles. The van der Waals surface area contributed by atoms with Crippen molar-refractivity contribution in [3.8, 4) is 11.4 Å². The summed E-state index contributed by atoms with van der Waals surface area (Å²) in [5.41, 5.74) is 8.10. The number of carbonyl (C=O) groups is 1. The van der Waals surface area contributed by atoms with Crippen LogP contribution in [-0.2, 0) is 0 Å². The van der Waals surface area contributed by atoms with E-state index in [0.29, 0.717) is 40.8 Å². The zero-order valence-electron chi connectivity index (χ0n) is 13.9. The number of nitrogens with one attached hydrogen (secondary N) is 1. The molecule has 132 valence electrons. The highest BCUT2D eigenvalue weighted by molar-refractivity contribution is 6.04. The third-order valence-corrected chi connectivity index (χ3v) is 4.26. The highest BCUT2D eigenvalue weighted by atomic mass is 19.1. The molecule has 1 saturated carbocycles. The Labute approximate surface area is 148 Å². The summed E-state index contributed by atoms with van der Waals surface area (Å²) in [4.78, 5) is 20.6. The molecule has 1 unspecified atom stereocenters. The molecule has 2 atom stereocenters. The van der Waals surface area contributed by atoms with Crippen LogP contribution in [0.5, 0.6) is 0 Å². The van der Waals surface area contributed by atoms with Gasteiger partial charge in [-0.05, 0) is 37.1 Å². The number of aryl methyl sites for hydroxylation is 1. The first-order valence-electron chi connectivity index (χ1n) is 8.13. The molecule has 2 aromatic heterocycles. The first kappa shape index (κ1) is 16.2. The van der Waals surface area contributed by atoms with Crippen molar-refractivity contribution in [3.63, 3.8) is 0 Å². The summed E-state index contributed by atoms with van der Waals surface area (Å²) in [6, 6.07) is 8.59. The highest BCUT2D eigenvalue weighted by Gasteiger charge is 2.43. The Balaban J connectivity index is 1.57. The third-order valence-electron chi connectivity index (χ3n) is 4.26. The maximum Gasteiger partial charge on any atom is 0.257 e. The number of nitrogen functional groups attached to an aromatic ring is 1. The average molecular weight is 353 g/mol. The molecule has 0 radical (unpaired) electrons. The summed E-state index contributed by atoms with van der Waals surface area (Å²) in [6.07, 6.45) is 0.940. The molecule has 3 N–H and O–H groups in total. The summed E-state index contributed by atoms with van der Waals surface area (Å²) in [5.74, 6) is 0.429. The SMILES string of the molecule is Cc1ccc(-c2noc(C3C[C@@H]3F)n2)cc1NC(=O)c1ccc(N)nc1. The van der Waals surface area contributed by atoms with Gasteiger partial charge in [-0.1, -0.05) is 17.3 Å². The van der Waals surface area contributed by atoms with Gasteiger partial charge in [-0.25, -0.2) is 9.37 Å². The summed E-state index contributed by atoms with van der Waals surface area (Å²) in [5, 5.41) is 6.75. The molecule has 0 bridgehead atoms. The van der Waals surface area contributed by atoms with Gasteiger partial charge in [-0.3, -0.25) is 4.79 Å². The predicted molar refractivity (Wildman–Crippen MR) is 93.3 cm³/mol. The normalized spacial score (nSPS) is 18.5. The summed E-state index contributed by atoms with van der Waals surface area (Å²) < 4.78 is 18.3. The highest BCUT2D eigenvalue weighted by Crippen LogP contribution is 2.43. The fourth-order valence-corrected chi connectivity index (χ4v) is 2.55. The second kappa shape index (κ2) is 6.21. The van der Waals surface area contributed by atoms with Crippen LogP contribution in [0, 0.1) is 6.92 Å². The summed E-state index contributed by atoms with van der Waals surface area (Å²) in [6.45, 7) is 1.88. The minimum absolute atomic E-state index is 0.293. The van der Waals surface area contributed by atoms with Gasteiger partial charge in [0.1, 0.15) is 12.0 Å². The number of hydrogen-bond donors (Lipinski definition) is 2. The van der Waals surface area contributed by atoms with Crippen molar-refractivity contribution in [2.45, 2.75) is 25.4 Å². The Kier molecular flexibility index (Phi) is 3.87. The molecule has 1 amide bonds. The smallest absolute Gasteiger partial charge is 0.257 e. The molecule has 1 aliphatic carbocycles. The number of alkyl halides is 1. The zero-order valence-corrected chi connectivity index (χ0v) is 13.9. The number of amides is 1. The number of hydrogen-bond acceptors (Lipinski definition) is 6. The Morgan fingerprint density at radius 1 is 1.35 bits per heavy atom. The largest absolute Gasteiger partial charge is 0.384 e. The molecule has 8 heteroatoms. The molecule has 26 heavy (non-hydrogen) atoms. The van der Waals surface area contributed by atoms with Gasteiger partial charge in [-0.15, -0.1) is 0 Å². The van der Waals surface area contributed by atoms with Crippen LogP contribution in [0.1, 0.15) is 34.2 Å². The van der Waals surface area contributed by atoms with Crippen LogP contribution in [-0.4, -0.2) is 27.2 Å². The van der Waals surface area contributed by atoms with Crippen LogP contribution in [0.4, 0.5) is 15.9 Å². The lowest BCUT2D eigenvalue weighted by molar-refractivity contribution is 0.102. The minimum atomic E-state index is -0.898. The number of halogens is 1. The maximum atomic E-state index is 13.1. The van der Waals surface area contributed by atoms with E-state index in [2.05, 4.69) is 20.4 Å². The maximum absolute atomic E-state index is 13.1. The first-order valence-corrected chi connectivity index (χ1v) is 8.13. The fourth-order valence-electron chi connectivity index (χ4n) is 2.55. The Bertz CT molecular complexity index is 970. The second-order valence-corrected chi connectivity index (χ2v) is 6.27. The molecular formula is C18H16FN5O2. The molecule has 1 fully saturated rings. The molecule has 0 aliphatic heterocycles. The van der Waals surface area contributed by atoms with E-state index in [4.69, 9.17) is 10.3 Å². The van der Waals surface area contributed by atoms with Gasteiger partial charge in [0.05, 0.1) is 11.5 Å². The quantitative estimate of drug-likeness (QED) is 0.746. The number of carbonyl (C=O) groups excluding carboxylic acids is 1. The lowest BCUT2D eigenvalue weighted by Crippen LogP contribution is -2.13. The van der Waals surface area contributed by atoms with Crippen molar-refractivity contribution in [2.24, 2.45) is 0 Å². The van der Waals surface area contributed by atoms with Crippen LogP contribution in [0.25, 0.3) is 11.4 Å². The number of pyridine rings is 1. The van der Waals surface area contributed by atoms with E-state index in [1.165, 1.54) is 6.20 Å². The molecule has 4 rings (SSSR count). The third kappa shape index (κ3) is 3.13. The number of rotatable bonds is 4. The number of benzene rings is 1. The van der Waals surface area contributed by atoms with Gasteiger partial charge in [-0.2, -0.15) is 4.98 Å². The average Bonchev–Trinajstić information content (AvgIpc) is 3.16. The molecule has 1 aliphatic rings. The number of aromatic nitrogens is 3. The van der Waals surface area contributed by atoms with Gasteiger partial charge in [0, 0.05) is 17.4 Å². The van der Waals surface area contributed by atoms with Crippen molar-refractivity contribution in [3.05, 3.63) is 53.5 Å². The predicted octanol–water partition coefficient (Wildman–Crippen LogP) is 3.10. The lowest BCUT2D eigenvalue weighted by atomic mass is 10.1. The molecule has 3 aromatic rings. The molecule has 7 nitrogen and oxygen atoms in total. The van der Waals surface area contributed by atoms with E-state index in [-0.39, 0.29) is 11.8 Å². The number of anilines is 2. The fraction of sp³-hybridized carbons (Fsp3) is 0.222. The Hall–Kier alpha value is -3.29. The Morgan fingerprint density at radius 3 is 2.85 bits per heavy atom. The van der Waals surface area contributed by atoms with Crippen LogP contribution >= 0.6 is 0 Å². The monoisotopic (exact) mass is 353 g/mol. The van der Waals surface area contributed by atoms with Gasteiger partial charge < -0.3 is 15.6 Å². The summed E-state index contributed by atoms with van der Waals surface area (Å²) >= 11 is 0. The minimum Gasteiger partial charge on any atom is -0.384 e. The van der Waals surface area contributed by atoms with Gasteiger partial charge >= 0.3 is 0 Å². The van der Waals surface area contributed by atoms with E-state index in [9.17, 15) is 9.18 Å². The summed E-state index contributed by atoms with van der Waals surface area (Å²) in [7, 11) is 0. The standard InChI is InChI=1S/C18H16FN5O2/c1-9-2-3-10(16-23-18(26-24-16)12-7-13(12)19)6-14(9)22-17(25)11-4-5-15(20)21-8-11/h2-6,8,12-13H,7H2,1H3,(H2,20,21)(H,22,25)/t12?,13-/m0/s1. The van der Waals surface area contributed by atoms with E-state index < -0.39 is 6.17 Å². The van der Waals surface area contributed by atoms with E-state index >= 15 is 0 Å². The zero-order chi connectivity index (χ0) is 18.3. The van der Waals surface area contributed by atoms with Gasteiger partial charge in [0.15, 0.2) is 0 Å². The molecular weight excluding hydrogens is 337 g/mol. The van der Waals surface area contributed by atoms with Crippen molar-refractivity contribution in [1.29, 1.82) is 0 Å². The van der Waals surface area contributed by atoms with Crippen LogP contribution in [0.3, 0.4) is 0 Å². The lowest BCUT2D eigenvalue weighted by Gasteiger charge is -2.09. The van der Waals surface area contributed by atoms with Crippen LogP contribution in [0.15, 0.2) is 41.1 Å².